The van der Waals surface area contributed by atoms with Gasteiger partial charge in [0, 0.05) is 17.3 Å². The van der Waals surface area contributed by atoms with Gasteiger partial charge in [-0.15, -0.1) is 0 Å². The number of rotatable bonds is 4. The van der Waals surface area contributed by atoms with Gasteiger partial charge in [-0.2, -0.15) is 0 Å². The van der Waals surface area contributed by atoms with Gasteiger partial charge in [0.1, 0.15) is 6.54 Å². The van der Waals surface area contributed by atoms with E-state index in [9.17, 15) is 9.59 Å². The van der Waals surface area contributed by atoms with Crippen LogP contribution in [0.4, 0.5) is 5.69 Å². The highest BCUT2D eigenvalue weighted by Gasteiger charge is 2.17. The highest BCUT2D eigenvalue weighted by molar-refractivity contribution is 5.92. The molecule has 0 atom stereocenters. The van der Waals surface area contributed by atoms with Crippen molar-refractivity contribution in [2.45, 2.75) is 13.5 Å². The highest BCUT2D eigenvalue weighted by Crippen LogP contribution is 2.22. The first-order chi connectivity index (χ1) is 15.1. The molecule has 152 valence electrons. The van der Waals surface area contributed by atoms with Crippen molar-refractivity contribution < 1.29 is 4.79 Å². The first-order valence-electron chi connectivity index (χ1n) is 10.0. The van der Waals surface area contributed by atoms with Crippen LogP contribution in [0.25, 0.3) is 28.1 Å². The summed E-state index contributed by atoms with van der Waals surface area (Å²) in [6.45, 7) is 2.03. The fraction of sp³-hybridized carbons (Fsp3) is 0.0800. The molecule has 5 aromatic rings. The lowest BCUT2D eigenvalue weighted by atomic mass is 10.1. The van der Waals surface area contributed by atoms with Gasteiger partial charge in [0.2, 0.25) is 11.7 Å². The van der Waals surface area contributed by atoms with Gasteiger partial charge in [-0.05, 0) is 31.2 Å². The van der Waals surface area contributed by atoms with Crippen LogP contribution >= 0.6 is 0 Å². The minimum atomic E-state index is -0.188. The van der Waals surface area contributed by atoms with Crippen molar-refractivity contribution in [3.8, 4) is 11.3 Å². The predicted octanol–water partition coefficient (Wildman–Crippen LogP) is 4.26. The number of fused-ring (bicyclic) bond motifs is 3. The van der Waals surface area contributed by atoms with E-state index in [1.165, 1.54) is 6.07 Å². The van der Waals surface area contributed by atoms with E-state index in [0.29, 0.717) is 11.5 Å². The number of nitrogens with one attached hydrogen (secondary N) is 1. The molecule has 0 saturated heterocycles. The second-order valence-electron chi connectivity index (χ2n) is 7.47. The Balaban J connectivity index is 1.63. The Bertz CT molecular complexity index is 1470. The number of hydrogen-bond donors (Lipinski definition) is 1. The number of amides is 1. The molecule has 0 radical (unpaired) electrons. The van der Waals surface area contributed by atoms with Crippen LogP contribution in [0.3, 0.4) is 0 Å². The van der Waals surface area contributed by atoms with Gasteiger partial charge in [-0.3, -0.25) is 9.59 Å². The molecule has 31 heavy (non-hydrogen) atoms. The Morgan fingerprint density at radius 3 is 2.32 bits per heavy atom. The van der Waals surface area contributed by atoms with Gasteiger partial charge in [-0.1, -0.05) is 60.2 Å². The predicted molar refractivity (Wildman–Crippen MR) is 122 cm³/mol. The summed E-state index contributed by atoms with van der Waals surface area (Å²) in [5.74, 6) is 0.248. The number of aromatic nitrogens is 3. The van der Waals surface area contributed by atoms with E-state index in [1.54, 1.807) is 8.97 Å². The molecule has 0 aliphatic carbocycles. The standard InChI is InChI=1S/C25H20N4O2/c1-17-11-13-19(14-12-17)26-23(30)16-28-21-9-5-6-10-22(21)29-24(31)15-20(27-25(28)29)18-7-3-2-4-8-18/h2-15H,16H2,1H3,(H,26,30). The smallest absolute Gasteiger partial charge is 0.260 e. The third-order valence-corrected chi connectivity index (χ3v) is 5.26. The summed E-state index contributed by atoms with van der Waals surface area (Å²) in [5.41, 5.74) is 4.59. The second-order valence-corrected chi connectivity index (χ2v) is 7.47. The van der Waals surface area contributed by atoms with E-state index in [2.05, 4.69) is 5.32 Å². The van der Waals surface area contributed by atoms with E-state index < -0.39 is 0 Å². The number of hydrogen-bond acceptors (Lipinski definition) is 3. The molecule has 1 N–H and O–H groups in total. The van der Waals surface area contributed by atoms with E-state index in [-0.39, 0.29) is 18.0 Å². The summed E-state index contributed by atoms with van der Waals surface area (Å²) < 4.78 is 3.34. The van der Waals surface area contributed by atoms with Crippen LogP contribution in [-0.2, 0) is 11.3 Å². The van der Waals surface area contributed by atoms with Gasteiger partial charge in [0.05, 0.1) is 16.7 Å². The Kier molecular flexibility index (Phi) is 4.59. The molecule has 0 spiro atoms. The van der Waals surface area contributed by atoms with Crippen molar-refractivity contribution in [2.24, 2.45) is 0 Å². The van der Waals surface area contributed by atoms with Crippen LogP contribution in [-0.4, -0.2) is 19.9 Å². The van der Waals surface area contributed by atoms with E-state index in [1.807, 2.05) is 85.8 Å². The third kappa shape index (κ3) is 3.48. The number of carbonyl (C=O) groups excluding carboxylic acids is 1. The van der Waals surface area contributed by atoms with Crippen LogP contribution in [0.1, 0.15) is 5.56 Å². The molecule has 3 aromatic carbocycles. The summed E-state index contributed by atoms with van der Waals surface area (Å²) >= 11 is 0. The number of para-hydroxylation sites is 2. The molecule has 0 aliphatic heterocycles. The van der Waals surface area contributed by atoms with Gasteiger partial charge in [0.15, 0.2) is 0 Å². The number of nitrogens with zero attached hydrogens (tertiary/aromatic N) is 3. The van der Waals surface area contributed by atoms with Crippen molar-refractivity contribution in [2.75, 3.05) is 5.32 Å². The zero-order valence-electron chi connectivity index (χ0n) is 16.9. The number of aryl methyl sites for hydroxylation is 1. The molecule has 6 heteroatoms. The van der Waals surface area contributed by atoms with Gasteiger partial charge in [-0.25, -0.2) is 9.38 Å². The first kappa shape index (κ1) is 18.8. The zero-order chi connectivity index (χ0) is 21.4. The number of benzene rings is 3. The highest BCUT2D eigenvalue weighted by atomic mass is 16.2. The van der Waals surface area contributed by atoms with E-state index in [4.69, 9.17) is 4.98 Å². The largest absolute Gasteiger partial charge is 0.325 e. The third-order valence-electron chi connectivity index (χ3n) is 5.26. The van der Waals surface area contributed by atoms with Crippen molar-refractivity contribution in [1.82, 2.24) is 14.0 Å². The van der Waals surface area contributed by atoms with Gasteiger partial charge >= 0.3 is 0 Å². The second kappa shape index (κ2) is 7.57. The summed E-state index contributed by atoms with van der Waals surface area (Å²) in [6.07, 6.45) is 0. The van der Waals surface area contributed by atoms with Crippen molar-refractivity contribution in [3.63, 3.8) is 0 Å². The average molecular weight is 408 g/mol. The SMILES string of the molecule is Cc1ccc(NC(=O)Cn2c3ccccc3n3c(=O)cc(-c4ccccc4)nc23)cc1. The summed E-state index contributed by atoms with van der Waals surface area (Å²) in [4.78, 5) is 30.6. The van der Waals surface area contributed by atoms with Crippen LogP contribution in [0.5, 0.6) is 0 Å². The molecule has 1 amide bonds. The topological polar surface area (TPSA) is 68.4 Å². The molecule has 0 aliphatic rings. The quantitative estimate of drug-likeness (QED) is 0.483. The maximum Gasteiger partial charge on any atom is 0.260 e. The van der Waals surface area contributed by atoms with Crippen LogP contribution in [0.15, 0.2) is 89.7 Å². The summed E-state index contributed by atoms with van der Waals surface area (Å²) in [7, 11) is 0. The number of anilines is 1. The maximum absolute atomic E-state index is 13.0. The minimum Gasteiger partial charge on any atom is -0.325 e. The molecule has 5 rings (SSSR count). The van der Waals surface area contributed by atoms with Crippen molar-refractivity contribution in [3.05, 3.63) is 101 Å². The van der Waals surface area contributed by atoms with Gasteiger partial charge < -0.3 is 9.88 Å². The molecule has 0 bridgehead atoms. The molecule has 0 fully saturated rings. The molecule has 6 nitrogen and oxygen atoms in total. The minimum absolute atomic E-state index is 0.0373. The molecular formula is C25H20N4O2. The Labute approximate surface area is 178 Å². The lowest BCUT2D eigenvalue weighted by Crippen LogP contribution is -2.20. The van der Waals surface area contributed by atoms with E-state index in [0.717, 1.165) is 27.8 Å². The normalized spacial score (nSPS) is 11.1. The van der Waals surface area contributed by atoms with Crippen LogP contribution < -0.4 is 10.9 Å². The Hall–Kier alpha value is -4.19. The number of imidazole rings is 1. The Morgan fingerprint density at radius 1 is 0.903 bits per heavy atom. The lowest BCUT2D eigenvalue weighted by Gasteiger charge is -2.09. The molecular weight excluding hydrogens is 388 g/mol. The molecule has 0 saturated carbocycles. The lowest BCUT2D eigenvalue weighted by molar-refractivity contribution is -0.116. The average Bonchev–Trinajstić information content (AvgIpc) is 3.10. The maximum atomic E-state index is 13.0. The summed E-state index contributed by atoms with van der Waals surface area (Å²) in [6, 6.07) is 26.2. The fourth-order valence-corrected chi connectivity index (χ4v) is 3.76. The first-order valence-corrected chi connectivity index (χ1v) is 10.0. The van der Waals surface area contributed by atoms with Crippen molar-refractivity contribution >= 4 is 28.4 Å². The molecule has 2 aromatic heterocycles. The monoisotopic (exact) mass is 408 g/mol. The van der Waals surface area contributed by atoms with Crippen LogP contribution in [0, 0.1) is 6.92 Å². The van der Waals surface area contributed by atoms with Crippen molar-refractivity contribution in [1.29, 1.82) is 0 Å². The Morgan fingerprint density at radius 2 is 1.58 bits per heavy atom. The van der Waals surface area contributed by atoms with Gasteiger partial charge in [0.25, 0.3) is 5.56 Å². The molecule has 2 heterocycles. The van der Waals surface area contributed by atoms with E-state index >= 15 is 0 Å². The number of carbonyl (C=O) groups is 1. The summed E-state index contributed by atoms with van der Waals surface area (Å²) in [5, 5.41) is 2.92. The molecule has 0 unspecified atom stereocenters. The fourth-order valence-electron chi connectivity index (χ4n) is 3.76. The van der Waals surface area contributed by atoms with Crippen LogP contribution in [0.2, 0.25) is 0 Å². The zero-order valence-corrected chi connectivity index (χ0v) is 16.9.